The van der Waals surface area contributed by atoms with Crippen molar-refractivity contribution >= 4 is 21.8 Å². The van der Waals surface area contributed by atoms with Gasteiger partial charge in [0.15, 0.2) is 0 Å². The molecule has 1 aromatic rings. The quantitative estimate of drug-likeness (QED) is 0.828. The third-order valence-corrected chi connectivity index (χ3v) is 2.76. The molecular weight excluding hydrogens is 233 g/mol. The fourth-order valence-corrected chi connectivity index (χ4v) is 1.45. The van der Waals surface area contributed by atoms with Gasteiger partial charge in [-0.25, -0.2) is 0 Å². The number of anilines is 1. The molecule has 0 aliphatic heterocycles. The Morgan fingerprint density at radius 2 is 1.75 bits per heavy atom. The summed E-state index contributed by atoms with van der Waals surface area (Å²) in [6, 6.07) is 4.88. The number of rotatable bonds is 3. The molecule has 0 atom stereocenters. The van der Waals surface area contributed by atoms with E-state index >= 15 is 0 Å². The van der Waals surface area contributed by atoms with Gasteiger partial charge in [0.2, 0.25) is 5.91 Å². The summed E-state index contributed by atoms with van der Waals surface area (Å²) in [5, 5.41) is 2.56. The van der Waals surface area contributed by atoms with Crippen LogP contribution in [0, 0.1) is 5.92 Å². The molecular formula is C10H12FNO3S. The summed E-state index contributed by atoms with van der Waals surface area (Å²) >= 11 is 0. The third kappa shape index (κ3) is 3.30. The minimum absolute atomic E-state index is 0.176. The SMILES string of the molecule is CC(C)C(=O)Nc1ccc(S(=O)(=O)F)cc1. The van der Waals surface area contributed by atoms with Crippen molar-refractivity contribution in [1.29, 1.82) is 0 Å². The van der Waals surface area contributed by atoms with Crippen LogP contribution in [0.4, 0.5) is 9.57 Å². The summed E-state index contributed by atoms with van der Waals surface area (Å²) in [7, 11) is -4.68. The molecule has 0 aromatic heterocycles. The monoisotopic (exact) mass is 245 g/mol. The van der Waals surface area contributed by atoms with Gasteiger partial charge in [0.1, 0.15) is 0 Å². The molecule has 6 heteroatoms. The van der Waals surface area contributed by atoms with Crippen molar-refractivity contribution in [2.24, 2.45) is 5.92 Å². The Bertz CT molecular complexity index is 479. The maximum Gasteiger partial charge on any atom is 0.332 e. The number of carbonyl (C=O) groups excluding carboxylic acids is 1. The van der Waals surface area contributed by atoms with Crippen LogP contribution in [0.2, 0.25) is 0 Å². The van der Waals surface area contributed by atoms with Gasteiger partial charge < -0.3 is 5.32 Å². The highest BCUT2D eigenvalue weighted by molar-refractivity contribution is 7.86. The number of halogens is 1. The molecule has 1 aromatic carbocycles. The van der Waals surface area contributed by atoms with Crippen LogP contribution < -0.4 is 5.32 Å². The van der Waals surface area contributed by atoms with Crippen LogP contribution in [-0.2, 0) is 15.0 Å². The zero-order valence-electron chi connectivity index (χ0n) is 8.90. The summed E-state index contributed by atoms with van der Waals surface area (Å²) in [6.45, 7) is 3.46. The van der Waals surface area contributed by atoms with Crippen molar-refractivity contribution in [2.75, 3.05) is 5.32 Å². The van der Waals surface area contributed by atoms with Crippen molar-refractivity contribution in [3.63, 3.8) is 0 Å². The van der Waals surface area contributed by atoms with Crippen LogP contribution in [0.3, 0.4) is 0 Å². The molecule has 1 amide bonds. The predicted octanol–water partition coefficient (Wildman–Crippen LogP) is 1.94. The normalized spacial score (nSPS) is 11.5. The molecule has 0 heterocycles. The fourth-order valence-electron chi connectivity index (χ4n) is 0.987. The van der Waals surface area contributed by atoms with E-state index in [9.17, 15) is 17.1 Å². The van der Waals surface area contributed by atoms with Crippen molar-refractivity contribution in [3.05, 3.63) is 24.3 Å². The van der Waals surface area contributed by atoms with Crippen molar-refractivity contribution in [2.45, 2.75) is 18.7 Å². The summed E-state index contributed by atoms with van der Waals surface area (Å²) in [5.41, 5.74) is 0.436. The summed E-state index contributed by atoms with van der Waals surface area (Å²) in [5.74, 6) is -0.361. The molecule has 1 rings (SSSR count). The van der Waals surface area contributed by atoms with Gasteiger partial charge in [0.25, 0.3) is 0 Å². The average Bonchev–Trinajstić information content (AvgIpc) is 2.17. The number of amides is 1. The van der Waals surface area contributed by atoms with E-state index in [1.54, 1.807) is 13.8 Å². The molecule has 0 bridgehead atoms. The van der Waals surface area contributed by atoms with E-state index in [1.807, 2.05) is 0 Å². The Kier molecular flexibility index (Phi) is 3.64. The Balaban J connectivity index is 2.84. The van der Waals surface area contributed by atoms with Gasteiger partial charge in [-0.1, -0.05) is 13.8 Å². The lowest BCUT2D eigenvalue weighted by molar-refractivity contribution is -0.118. The second-order valence-electron chi connectivity index (χ2n) is 3.61. The van der Waals surface area contributed by atoms with Crippen LogP contribution in [0.5, 0.6) is 0 Å². The second kappa shape index (κ2) is 4.61. The lowest BCUT2D eigenvalue weighted by atomic mass is 10.2. The third-order valence-electron chi connectivity index (χ3n) is 1.93. The molecule has 1 N–H and O–H groups in total. The number of carbonyl (C=O) groups is 1. The molecule has 0 fully saturated rings. The van der Waals surface area contributed by atoms with Gasteiger partial charge in [-0.3, -0.25) is 4.79 Å². The minimum Gasteiger partial charge on any atom is -0.326 e. The maximum atomic E-state index is 12.5. The number of benzene rings is 1. The molecule has 0 aliphatic carbocycles. The van der Waals surface area contributed by atoms with E-state index in [-0.39, 0.29) is 11.8 Å². The topological polar surface area (TPSA) is 63.2 Å². The molecule has 0 radical (unpaired) electrons. The molecule has 0 saturated carbocycles. The number of hydrogen-bond acceptors (Lipinski definition) is 3. The number of hydrogen-bond donors (Lipinski definition) is 1. The van der Waals surface area contributed by atoms with Gasteiger partial charge in [0, 0.05) is 11.6 Å². The van der Waals surface area contributed by atoms with Crippen LogP contribution in [0.25, 0.3) is 0 Å². The first-order valence-electron chi connectivity index (χ1n) is 4.66. The van der Waals surface area contributed by atoms with Gasteiger partial charge in [-0.2, -0.15) is 8.42 Å². The van der Waals surface area contributed by atoms with Gasteiger partial charge >= 0.3 is 10.2 Å². The molecule has 88 valence electrons. The Labute approximate surface area is 93.7 Å². The number of nitrogens with one attached hydrogen (secondary N) is 1. The summed E-state index contributed by atoms with van der Waals surface area (Å²) in [4.78, 5) is 10.9. The Hall–Kier alpha value is -1.43. The first-order chi connectivity index (χ1) is 7.30. The van der Waals surface area contributed by atoms with Crippen LogP contribution in [-0.4, -0.2) is 14.3 Å². The smallest absolute Gasteiger partial charge is 0.326 e. The zero-order chi connectivity index (χ0) is 12.3. The predicted molar refractivity (Wildman–Crippen MR) is 58.2 cm³/mol. The first kappa shape index (κ1) is 12.6. The summed E-state index contributed by atoms with van der Waals surface area (Å²) in [6.07, 6.45) is 0. The molecule has 0 spiro atoms. The minimum atomic E-state index is -4.68. The van der Waals surface area contributed by atoms with E-state index in [4.69, 9.17) is 0 Å². The first-order valence-corrected chi connectivity index (χ1v) is 6.04. The van der Waals surface area contributed by atoms with E-state index < -0.39 is 15.1 Å². The van der Waals surface area contributed by atoms with Crippen molar-refractivity contribution in [3.8, 4) is 0 Å². The lowest BCUT2D eigenvalue weighted by Crippen LogP contribution is -2.17. The van der Waals surface area contributed by atoms with E-state index in [0.29, 0.717) is 5.69 Å². The van der Waals surface area contributed by atoms with Crippen LogP contribution in [0.1, 0.15) is 13.8 Å². The molecule has 0 aliphatic rings. The fraction of sp³-hybridized carbons (Fsp3) is 0.300. The van der Waals surface area contributed by atoms with Crippen molar-refractivity contribution in [1.82, 2.24) is 0 Å². The lowest BCUT2D eigenvalue weighted by Gasteiger charge is -2.07. The average molecular weight is 245 g/mol. The van der Waals surface area contributed by atoms with E-state index in [1.165, 1.54) is 12.1 Å². The van der Waals surface area contributed by atoms with E-state index in [0.717, 1.165) is 12.1 Å². The highest BCUT2D eigenvalue weighted by atomic mass is 32.3. The molecule has 4 nitrogen and oxygen atoms in total. The molecule has 0 saturated heterocycles. The van der Waals surface area contributed by atoms with Gasteiger partial charge in [0.05, 0.1) is 4.90 Å². The molecule has 16 heavy (non-hydrogen) atoms. The van der Waals surface area contributed by atoms with Crippen molar-refractivity contribution < 1.29 is 17.1 Å². The Morgan fingerprint density at radius 1 is 1.25 bits per heavy atom. The maximum absolute atomic E-state index is 12.5. The largest absolute Gasteiger partial charge is 0.332 e. The highest BCUT2D eigenvalue weighted by Crippen LogP contribution is 2.16. The van der Waals surface area contributed by atoms with E-state index in [2.05, 4.69) is 5.32 Å². The van der Waals surface area contributed by atoms with Crippen LogP contribution in [0.15, 0.2) is 29.2 Å². The Morgan fingerprint density at radius 3 is 2.12 bits per heavy atom. The standard InChI is InChI=1S/C10H12FNO3S/c1-7(2)10(13)12-8-3-5-9(6-4-8)16(11,14)15/h3-7H,1-2H3,(H,12,13). The second-order valence-corrected chi connectivity index (χ2v) is 4.95. The van der Waals surface area contributed by atoms with Gasteiger partial charge in [-0.05, 0) is 24.3 Å². The zero-order valence-corrected chi connectivity index (χ0v) is 9.71. The molecule has 0 unspecified atom stereocenters. The highest BCUT2D eigenvalue weighted by Gasteiger charge is 2.12. The van der Waals surface area contributed by atoms with Gasteiger partial charge in [-0.15, -0.1) is 3.89 Å². The summed E-state index contributed by atoms with van der Waals surface area (Å²) < 4.78 is 33.6. The van der Waals surface area contributed by atoms with Crippen LogP contribution >= 0.6 is 0 Å².